The summed E-state index contributed by atoms with van der Waals surface area (Å²) in [5.41, 5.74) is 4.70. The zero-order valence-corrected chi connectivity index (χ0v) is 26.5. The number of rotatable bonds is 3. The van der Waals surface area contributed by atoms with Crippen LogP contribution in [-0.4, -0.2) is 32.6 Å². The van der Waals surface area contributed by atoms with Crippen LogP contribution in [0.25, 0.3) is 39.0 Å². The Kier molecular flexibility index (Phi) is 6.52. The number of nitrogens with zero attached hydrogens (tertiary/aromatic N) is 5. The molecule has 4 heterocycles. The zero-order chi connectivity index (χ0) is 27.8. The van der Waals surface area contributed by atoms with Gasteiger partial charge >= 0.3 is 21.1 Å². The Labute approximate surface area is 253 Å². The van der Waals surface area contributed by atoms with E-state index >= 15 is 0 Å². The molecule has 1 unspecified atom stereocenters. The van der Waals surface area contributed by atoms with Gasteiger partial charge in [-0.3, -0.25) is 9.55 Å². The Bertz CT molecular complexity index is 2010. The summed E-state index contributed by atoms with van der Waals surface area (Å²) in [6.45, 7) is 8.35. The number of ether oxygens (including phenoxy) is 1. The van der Waals surface area contributed by atoms with E-state index in [1.165, 1.54) is 5.56 Å². The van der Waals surface area contributed by atoms with E-state index in [9.17, 15) is 4.57 Å². The first-order valence-electron chi connectivity index (χ1n) is 13.2. The number of para-hydroxylation sites is 1. The van der Waals surface area contributed by atoms with Gasteiger partial charge in [-0.25, -0.2) is 4.98 Å². The quantitative estimate of drug-likeness (QED) is 0.137. The Morgan fingerprint density at radius 3 is 2.46 bits per heavy atom. The fourth-order valence-electron chi connectivity index (χ4n) is 5.38. The first-order valence-corrected chi connectivity index (χ1v) is 15.2. The van der Waals surface area contributed by atoms with Crippen LogP contribution >= 0.6 is 7.44 Å². The molecule has 7 nitrogen and oxygen atoms in total. The average Bonchev–Trinajstić information content (AvgIpc) is 3.56. The number of benzene rings is 3. The van der Waals surface area contributed by atoms with Gasteiger partial charge in [-0.2, -0.15) is 6.07 Å². The molecular formula is C32H28N5O2PPt. The smallest absolute Gasteiger partial charge is 0.503 e. The van der Waals surface area contributed by atoms with Crippen LogP contribution in [0.1, 0.15) is 26.3 Å². The molecule has 0 amide bonds. The van der Waals surface area contributed by atoms with Crippen molar-refractivity contribution >= 4 is 34.9 Å². The minimum Gasteiger partial charge on any atom is -0.503 e. The molecule has 208 valence electrons. The van der Waals surface area contributed by atoms with Gasteiger partial charge in [0.1, 0.15) is 5.82 Å². The number of hydrogen-bond donors (Lipinski definition) is 0. The van der Waals surface area contributed by atoms with E-state index in [4.69, 9.17) is 9.72 Å². The van der Waals surface area contributed by atoms with Crippen LogP contribution in [-0.2, 0) is 31.0 Å². The van der Waals surface area contributed by atoms with Crippen LogP contribution < -0.4 is 9.41 Å². The third-order valence-corrected chi connectivity index (χ3v) is 10.1. The summed E-state index contributed by atoms with van der Waals surface area (Å²) in [5, 5.41) is 2.20. The first kappa shape index (κ1) is 27.5. The Balaban J connectivity index is 0.00000302. The second-order valence-corrected chi connectivity index (χ2v) is 13.9. The van der Waals surface area contributed by atoms with Gasteiger partial charge in [0.25, 0.3) is 0 Å². The number of anilines is 1. The van der Waals surface area contributed by atoms with Crippen LogP contribution in [0.5, 0.6) is 11.5 Å². The van der Waals surface area contributed by atoms with Gasteiger partial charge in [-0.1, -0.05) is 62.2 Å². The largest absolute Gasteiger partial charge is 2.00 e. The summed E-state index contributed by atoms with van der Waals surface area (Å²) in [7, 11) is -0.980. The van der Waals surface area contributed by atoms with Crippen molar-refractivity contribution in [2.75, 3.05) is 18.4 Å². The number of pyridine rings is 1. The fraction of sp³-hybridized carbons (Fsp3) is 0.188. The molecule has 0 N–H and O–H groups in total. The minimum absolute atomic E-state index is 0. The third-order valence-electron chi connectivity index (χ3n) is 7.66. The van der Waals surface area contributed by atoms with E-state index in [0.29, 0.717) is 17.3 Å². The number of hydrogen-bond acceptors (Lipinski definition) is 4. The van der Waals surface area contributed by atoms with Crippen LogP contribution in [0, 0.1) is 12.1 Å². The minimum atomic E-state index is -2.81. The van der Waals surface area contributed by atoms with E-state index in [0.717, 1.165) is 38.9 Å². The van der Waals surface area contributed by atoms with E-state index in [-0.39, 0.29) is 26.5 Å². The molecule has 0 saturated heterocycles. The molecule has 1 aliphatic heterocycles. The molecule has 0 aliphatic carbocycles. The number of fused-ring (bicyclic) bond motifs is 6. The van der Waals surface area contributed by atoms with Gasteiger partial charge in [0.05, 0.1) is 5.82 Å². The maximum Gasteiger partial charge on any atom is 2.00 e. The van der Waals surface area contributed by atoms with Crippen LogP contribution in [0.2, 0.25) is 0 Å². The number of imidazole rings is 1. The van der Waals surface area contributed by atoms with E-state index in [2.05, 4.69) is 72.8 Å². The van der Waals surface area contributed by atoms with E-state index in [1.54, 1.807) is 28.1 Å². The second-order valence-electron chi connectivity index (χ2n) is 11.2. The summed E-state index contributed by atoms with van der Waals surface area (Å²) >= 11 is 0. The average molecular weight is 741 g/mol. The van der Waals surface area contributed by atoms with Crippen molar-refractivity contribution in [2.24, 2.45) is 0 Å². The molecule has 0 fully saturated rings. The van der Waals surface area contributed by atoms with Gasteiger partial charge in [0, 0.05) is 49.3 Å². The summed E-state index contributed by atoms with van der Waals surface area (Å²) in [6.07, 6.45) is 5.29. The van der Waals surface area contributed by atoms with Crippen LogP contribution in [0.3, 0.4) is 0 Å². The van der Waals surface area contributed by atoms with E-state index < -0.39 is 7.44 Å². The summed E-state index contributed by atoms with van der Waals surface area (Å²) < 4.78 is 25.4. The molecule has 0 saturated carbocycles. The molecule has 3 aromatic heterocycles. The molecule has 1 aliphatic rings. The normalized spacial score (nSPS) is 16.4. The maximum atomic E-state index is 13.4. The van der Waals surface area contributed by atoms with Gasteiger partial charge in [0.2, 0.25) is 7.44 Å². The van der Waals surface area contributed by atoms with Gasteiger partial charge in [-0.05, 0) is 40.3 Å². The van der Waals surface area contributed by atoms with Crippen molar-refractivity contribution in [3.05, 3.63) is 97.0 Å². The van der Waals surface area contributed by atoms with Crippen molar-refractivity contribution in [1.29, 1.82) is 0 Å². The third kappa shape index (κ3) is 4.34. The van der Waals surface area contributed by atoms with Crippen molar-refractivity contribution in [2.45, 2.75) is 26.2 Å². The Morgan fingerprint density at radius 2 is 1.66 bits per heavy atom. The van der Waals surface area contributed by atoms with Gasteiger partial charge < -0.3 is 18.3 Å². The van der Waals surface area contributed by atoms with Crippen LogP contribution in [0.15, 0.2) is 79.3 Å². The van der Waals surface area contributed by atoms with Crippen molar-refractivity contribution in [3.63, 3.8) is 0 Å². The summed E-state index contributed by atoms with van der Waals surface area (Å²) in [4.78, 5) is 9.22. The SMILES string of the molecule is CN1c2ccc(Oc3[c-]c4c(cc3)c3ccccc3n4-c3cc(C(C)(C)C)ccn3)[c-]c2-c2nccn2P1(C)=O.[Pt+2]. The molecule has 1 atom stereocenters. The second kappa shape index (κ2) is 9.72. The summed E-state index contributed by atoms with van der Waals surface area (Å²) in [5.74, 6) is 2.55. The molecule has 0 bridgehead atoms. The zero-order valence-electron chi connectivity index (χ0n) is 23.3. The molecule has 9 heteroatoms. The fourth-order valence-corrected chi connectivity index (χ4v) is 7.05. The first-order chi connectivity index (χ1) is 19.1. The topological polar surface area (TPSA) is 65.2 Å². The molecule has 6 aromatic rings. The Morgan fingerprint density at radius 1 is 0.902 bits per heavy atom. The van der Waals surface area contributed by atoms with Crippen molar-refractivity contribution in [1.82, 2.24) is 18.9 Å². The molecule has 0 spiro atoms. The summed E-state index contributed by atoms with van der Waals surface area (Å²) in [6, 6.07) is 27.2. The molecular weight excluding hydrogens is 712 g/mol. The van der Waals surface area contributed by atoms with E-state index in [1.807, 2.05) is 43.6 Å². The molecule has 0 radical (unpaired) electrons. The monoisotopic (exact) mass is 740 g/mol. The predicted molar refractivity (Wildman–Crippen MR) is 160 cm³/mol. The Hall–Kier alpha value is -3.66. The molecule has 3 aromatic carbocycles. The van der Waals surface area contributed by atoms with Crippen molar-refractivity contribution < 1.29 is 30.4 Å². The number of aromatic nitrogens is 4. The van der Waals surface area contributed by atoms with Crippen molar-refractivity contribution in [3.8, 4) is 28.7 Å². The van der Waals surface area contributed by atoms with Gasteiger partial charge in [0.15, 0.2) is 0 Å². The molecule has 41 heavy (non-hydrogen) atoms. The standard InChI is InChI=1S/C32H28N5O2P.Pt/c1-32(2,3)21-14-15-33-30(18-21)37-28-9-7-6-8-24(28)25-12-10-23(20-29(25)37)39-22-11-13-27-26(19-22)31-34-16-17-36(31)40(5,38)35(27)4;/h6-18H,1-5H3;/q-2;+2. The predicted octanol–water partition coefficient (Wildman–Crippen LogP) is 7.85. The van der Waals surface area contributed by atoms with Gasteiger partial charge in [-0.15, -0.1) is 23.6 Å². The maximum absolute atomic E-state index is 13.4. The molecule has 7 rings (SSSR count). The van der Waals surface area contributed by atoms with Crippen LogP contribution in [0.4, 0.5) is 5.69 Å².